The Morgan fingerprint density at radius 3 is 2.09 bits per heavy atom. The first kappa shape index (κ1) is 10.0. The summed E-state index contributed by atoms with van der Waals surface area (Å²) in [6.07, 6.45) is -4.88. The van der Waals surface area contributed by atoms with Crippen LogP contribution in [0.2, 0.25) is 0 Å². The van der Waals surface area contributed by atoms with Gasteiger partial charge in [-0.15, -0.1) is 0 Å². The van der Waals surface area contributed by atoms with Crippen LogP contribution in [0.1, 0.15) is 13.3 Å². The van der Waals surface area contributed by atoms with Gasteiger partial charge in [0.1, 0.15) is 0 Å². The van der Waals surface area contributed by atoms with E-state index in [1.807, 2.05) is 0 Å². The van der Waals surface area contributed by atoms with Crippen molar-refractivity contribution < 1.29 is 23.1 Å². The molecule has 0 aliphatic heterocycles. The van der Waals surface area contributed by atoms with E-state index in [4.69, 9.17) is 5.11 Å². The summed E-state index contributed by atoms with van der Waals surface area (Å²) in [6.45, 7) is 1.26. The Balaban J connectivity index is 4.24. The van der Waals surface area contributed by atoms with Crippen molar-refractivity contribution in [1.29, 1.82) is 0 Å². The second-order valence-electron chi connectivity index (χ2n) is 1.91. The number of carbonyl (C=O) groups is 1. The van der Waals surface area contributed by atoms with E-state index in [0.29, 0.717) is 0 Å². The Kier molecular flexibility index (Phi) is 3.10. The van der Waals surface area contributed by atoms with Crippen LogP contribution in [0.3, 0.4) is 0 Å². The van der Waals surface area contributed by atoms with Crippen LogP contribution in [0.4, 0.5) is 13.2 Å². The van der Waals surface area contributed by atoms with Gasteiger partial charge in [-0.2, -0.15) is 13.2 Å². The number of carboxylic acids is 1. The summed E-state index contributed by atoms with van der Waals surface area (Å²) >= 11 is 0. The summed E-state index contributed by atoms with van der Waals surface area (Å²) in [5.74, 6) is -1.52. The lowest BCUT2D eigenvalue weighted by Gasteiger charge is -2.05. The molecule has 11 heavy (non-hydrogen) atoms. The monoisotopic (exact) mass is 168 g/mol. The Bertz CT molecular complexity index is 181. The van der Waals surface area contributed by atoms with E-state index in [2.05, 4.69) is 0 Å². The van der Waals surface area contributed by atoms with Crippen LogP contribution >= 0.6 is 0 Å². The molecule has 2 nitrogen and oxygen atoms in total. The molecular formula is C6H7F3O2. The van der Waals surface area contributed by atoms with Gasteiger partial charge in [-0.05, 0) is 6.92 Å². The molecule has 0 unspecified atom stereocenters. The van der Waals surface area contributed by atoms with Gasteiger partial charge in [0.2, 0.25) is 0 Å². The molecule has 0 saturated carbocycles. The molecule has 0 aromatic carbocycles. The van der Waals surface area contributed by atoms with E-state index >= 15 is 0 Å². The zero-order valence-corrected chi connectivity index (χ0v) is 5.77. The Morgan fingerprint density at radius 1 is 1.55 bits per heavy atom. The number of rotatable bonds is 2. The lowest BCUT2D eigenvalue weighted by Crippen LogP contribution is -2.13. The number of alkyl halides is 3. The highest BCUT2D eigenvalue weighted by Crippen LogP contribution is 2.24. The van der Waals surface area contributed by atoms with E-state index in [1.165, 1.54) is 6.92 Å². The Labute approximate surface area is 61.3 Å². The minimum Gasteiger partial charge on any atom is -0.478 e. The minimum atomic E-state index is -4.44. The maximum atomic E-state index is 11.5. The summed E-state index contributed by atoms with van der Waals surface area (Å²) in [5.41, 5.74) is -0.627. The summed E-state index contributed by atoms with van der Waals surface area (Å²) in [6, 6.07) is 0. The molecule has 0 saturated heterocycles. The molecule has 0 aromatic heterocycles. The van der Waals surface area contributed by atoms with Crippen molar-refractivity contribution >= 4 is 5.97 Å². The first-order valence-electron chi connectivity index (χ1n) is 2.82. The highest BCUT2D eigenvalue weighted by molar-refractivity contribution is 5.86. The molecular weight excluding hydrogens is 161 g/mol. The molecule has 0 atom stereocenters. The first-order chi connectivity index (χ1) is 4.87. The van der Waals surface area contributed by atoms with Crippen molar-refractivity contribution in [3.63, 3.8) is 0 Å². The van der Waals surface area contributed by atoms with Crippen molar-refractivity contribution in [2.24, 2.45) is 0 Å². The largest absolute Gasteiger partial charge is 0.478 e. The fourth-order valence-corrected chi connectivity index (χ4v) is 0.517. The fourth-order valence-electron chi connectivity index (χ4n) is 0.517. The normalized spacial score (nSPS) is 13.3. The molecule has 0 amide bonds. The topological polar surface area (TPSA) is 37.3 Å². The Hall–Kier alpha value is -1.00. The summed E-state index contributed by atoms with van der Waals surface area (Å²) in [7, 11) is 0. The quantitative estimate of drug-likeness (QED) is 0.640. The third kappa shape index (κ3) is 4.41. The molecule has 0 rings (SSSR count). The number of allylic oxidation sites excluding steroid dienone is 1. The SMILES string of the molecule is CC=C(CC(F)(F)F)C(=O)O. The number of aliphatic carboxylic acids is 1. The number of hydrogen-bond donors (Lipinski definition) is 1. The predicted octanol–water partition coefficient (Wildman–Crippen LogP) is 1.97. The molecule has 0 aliphatic carbocycles. The molecule has 5 heteroatoms. The van der Waals surface area contributed by atoms with E-state index in [9.17, 15) is 18.0 Å². The molecule has 0 aliphatic rings. The van der Waals surface area contributed by atoms with E-state index in [1.54, 1.807) is 0 Å². The average molecular weight is 168 g/mol. The second kappa shape index (κ2) is 3.41. The highest BCUT2D eigenvalue weighted by Gasteiger charge is 2.30. The molecule has 0 heterocycles. The lowest BCUT2D eigenvalue weighted by molar-refractivity contribution is -0.142. The molecule has 0 aromatic rings. The average Bonchev–Trinajstić information content (AvgIpc) is 1.80. The molecule has 0 spiro atoms. The van der Waals surface area contributed by atoms with Crippen molar-refractivity contribution in [2.75, 3.05) is 0 Å². The van der Waals surface area contributed by atoms with Gasteiger partial charge in [0, 0.05) is 5.57 Å². The zero-order valence-electron chi connectivity index (χ0n) is 5.77. The summed E-state index contributed by atoms with van der Waals surface area (Å²) in [4.78, 5) is 10.0. The predicted molar refractivity (Wildman–Crippen MR) is 32.1 cm³/mol. The van der Waals surface area contributed by atoms with Crippen LogP contribution in [0, 0.1) is 0 Å². The van der Waals surface area contributed by atoms with Crippen LogP contribution in [0.5, 0.6) is 0 Å². The fraction of sp³-hybridized carbons (Fsp3) is 0.500. The van der Waals surface area contributed by atoms with Crippen LogP contribution < -0.4 is 0 Å². The van der Waals surface area contributed by atoms with Crippen LogP contribution in [0.15, 0.2) is 11.6 Å². The second-order valence-corrected chi connectivity index (χ2v) is 1.91. The van der Waals surface area contributed by atoms with Crippen LogP contribution in [-0.2, 0) is 4.79 Å². The van der Waals surface area contributed by atoms with Crippen molar-refractivity contribution in [3.05, 3.63) is 11.6 Å². The molecule has 64 valence electrons. The van der Waals surface area contributed by atoms with Gasteiger partial charge in [0.05, 0.1) is 6.42 Å². The number of hydrogen-bond acceptors (Lipinski definition) is 1. The third-order valence-corrected chi connectivity index (χ3v) is 1.01. The van der Waals surface area contributed by atoms with E-state index in [-0.39, 0.29) is 0 Å². The van der Waals surface area contributed by atoms with Crippen molar-refractivity contribution in [1.82, 2.24) is 0 Å². The van der Waals surface area contributed by atoms with Crippen molar-refractivity contribution in [3.8, 4) is 0 Å². The number of carboxylic acid groups (broad SMARTS) is 1. The van der Waals surface area contributed by atoms with Gasteiger partial charge in [-0.1, -0.05) is 6.08 Å². The van der Waals surface area contributed by atoms with E-state index in [0.717, 1.165) is 6.08 Å². The lowest BCUT2D eigenvalue weighted by atomic mass is 10.2. The van der Waals surface area contributed by atoms with Crippen molar-refractivity contribution in [2.45, 2.75) is 19.5 Å². The summed E-state index contributed by atoms with van der Waals surface area (Å²) in [5, 5.41) is 8.17. The standard InChI is InChI=1S/C6H7F3O2/c1-2-4(5(10)11)3-6(7,8)9/h2H,3H2,1H3,(H,10,11). The molecule has 1 N–H and O–H groups in total. The molecule has 0 radical (unpaired) electrons. The maximum absolute atomic E-state index is 11.5. The smallest absolute Gasteiger partial charge is 0.393 e. The Morgan fingerprint density at radius 2 is 2.00 bits per heavy atom. The van der Waals surface area contributed by atoms with Gasteiger partial charge in [0.15, 0.2) is 0 Å². The van der Waals surface area contributed by atoms with Gasteiger partial charge < -0.3 is 5.11 Å². The van der Waals surface area contributed by atoms with Gasteiger partial charge in [-0.3, -0.25) is 0 Å². The minimum absolute atomic E-state index is 0.627. The first-order valence-corrected chi connectivity index (χ1v) is 2.82. The van der Waals surface area contributed by atoms with Gasteiger partial charge >= 0.3 is 12.1 Å². The van der Waals surface area contributed by atoms with Gasteiger partial charge in [0.25, 0.3) is 0 Å². The van der Waals surface area contributed by atoms with E-state index < -0.39 is 24.1 Å². The van der Waals surface area contributed by atoms with Crippen LogP contribution in [0.25, 0.3) is 0 Å². The molecule has 0 bridgehead atoms. The third-order valence-electron chi connectivity index (χ3n) is 1.01. The zero-order chi connectivity index (χ0) is 9.07. The van der Waals surface area contributed by atoms with Gasteiger partial charge in [-0.25, -0.2) is 4.79 Å². The molecule has 0 fully saturated rings. The summed E-state index contributed by atoms with van der Waals surface area (Å²) < 4.78 is 34.6. The number of halogens is 3. The van der Waals surface area contributed by atoms with Crippen LogP contribution in [-0.4, -0.2) is 17.3 Å². The maximum Gasteiger partial charge on any atom is 0.393 e. The highest BCUT2D eigenvalue weighted by atomic mass is 19.4.